The second kappa shape index (κ2) is 20.2. The van der Waals surface area contributed by atoms with Crippen molar-refractivity contribution in [3.8, 4) is 23.0 Å². The van der Waals surface area contributed by atoms with Crippen molar-refractivity contribution >= 4 is 5.90 Å². The summed E-state index contributed by atoms with van der Waals surface area (Å²) in [7, 11) is 0. The van der Waals surface area contributed by atoms with Crippen LogP contribution in [0.25, 0.3) is 0 Å². The Bertz CT molecular complexity index is 2200. The van der Waals surface area contributed by atoms with E-state index < -0.39 is 0 Å². The zero-order valence-electron chi connectivity index (χ0n) is 43.4. The summed E-state index contributed by atoms with van der Waals surface area (Å²) in [6, 6.07) is 19.1. The Kier molecular flexibility index (Phi) is 15.5. The molecular formula is C59H83NO5. The molecule has 0 spiro atoms. The molecule has 0 radical (unpaired) electrons. The summed E-state index contributed by atoms with van der Waals surface area (Å²) >= 11 is 0. The van der Waals surface area contributed by atoms with E-state index in [2.05, 4.69) is 159 Å². The van der Waals surface area contributed by atoms with E-state index in [0.29, 0.717) is 64.6 Å². The minimum absolute atomic E-state index is 0.0271. The smallest absolute Gasteiger partial charge is 0.216 e. The average Bonchev–Trinajstić information content (AvgIpc) is 3.73. The fourth-order valence-corrected chi connectivity index (χ4v) is 8.84. The van der Waals surface area contributed by atoms with Gasteiger partial charge >= 0.3 is 0 Å². The third-order valence-corrected chi connectivity index (χ3v) is 12.8. The van der Waals surface area contributed by atoms with E-state index in [0.717, 1.165) is 76.5 Å². The van der Waals surface area contributed by atoms with Crippen molar-refractivity contribution in [3.63, 3.8) is 0 Å². The normalized spacial score (nSPS) is 15.6. The van der Waals surface area contributed by atoms with Gasteiger partial charge in [-0.15, -0.1) is 0 Å². The van der Waals surface area contributed by atoms with Crippen LogP contribution in [0.4, 0.5) is 0 Å². The van der Waals surface area contributed by atoms with Crippen LogP contribution in [0, 0.1) is 5.41 Å². The van der Waals surface area contributed by atoms with Crippen molar-refractivity contribution in [2.24, 2.45) is 10.4 Å². The van der Waals surface area contributed by atoms with Gasteiger partial charge in [-0.25, -0.2) is 4.99 Å². The molecule has 65 heavy (non-hydrogen) atoms. The molecule has 6 rings (SSSR count). The second-order valence-corrected chi connectivity index (χ2v) is 23.0. The molecule has 0 saturated heterocycles. The summed E-state index contributed by atoms with van der Waals surface area (Å²) in [6.45, 7) is 39.4. The van der Waals surface area contributed by atoms with Crippen LogP contribution in [-0.4, -0.2) is 45.0 Å². The molecule has 6 nitrogen and oxygen atoms in total. The van der Waals surface area contributed by atoms with Crippen LogP contribution in [0.5, 0.6) is 23.0 Å². The Morgan fingerprint density at radius 1 is 0.431 bits per heavy atom. The second-order valence-electron chi connectivity index (χ2n) is 23.0. The molecular weight excluding hydrogens is 803 g/mol. The molecule has 2 aliphatic rings. The lowest BCUT2D eigenvalue weighted by Gasteiger charge is -2.28. The molecule has 1 atom stereocenters. The van der Waals surface area contributed by atoms with E-state index in [1.807, 2.05) is 0 Å². The Morgan fingerprint density at radius 2 is 0.692 bits per heavy atom. The third kappa shape index (κ3) is 11.9. The number of hydrogen-bond donors (Lipinski definition) is 0. The monoisotopic (exact) mass is 886 g/mol. The maximum absolute atomic E-state index is 6.99. The highest BCUT2D eigenvalue weighted by atomic mass is 16.5. The molecule has 1 aliphatic heterocycles. The molecule has 8 bridgehead atoms. The van der Waals surface area contributed by atoms with Crippen molar-refractivity contribution in [1.29, 1.82) is 0 Å². The van der Waals surface area contributed by atoms with Gasteiger partial charge in [-0.2, -0.15) is 0 Å². The zero-order chi connectivity index (χ0) is 47.5. The van der Waals surface area contributed by atoms with E-state index in [1.165, 1.54) is 38.9 Å². The fraction of sp³-hybridized carbons (Fsp3) is 0.576. The van der Waals surface area contributed by atoms with E-state index in [9.17, 15) is 0 Å². The molecule has 0 amide bonds. The van der Waals surface area contributed by atoms with Gasteiger partial charge in [0.25, 0.3) is 0 Å². The molecule has 4 aromatic rings. The SMILES string of the molecule is CCCOc1c2cc(C3=N[C@@H](C(C)(C)C)CO3)cc1Cc1cc(C(C)(C)C)cc(c1OCCC)Cc1cc(C(C)(C)C)cc(c1OCCC)Cc1cc(C(C)(C)C)cc(c1OCCC)C2. The average molecular weight is 886 g/mol. The number of nitrogens with zero attached hydrogens (tertiary/aromatic N) is 1. The molecule has 354 valence electrons. The summed E-state index contributed by atoms with van der Waals surface area (Å²) in [4.78, 5) is 5.26. The van der Waals surface area contributed by atoms with Crippen LogP contribution >= 0.6 is 0 Å². The van der Waals surface area contributed by atoms with Gasteiger partial charge in [-0.3, -0.25) is 0 Å². The first-order valence-corrected chi connectivity index (χ1v) is 24.9. The van der Waals surface area contributed by atoms with Crippen LogP contribution in [-0.2, 0) is 46.7 Å². The Balaban J connectivity index is 1.79. The van der Waals surface area contributed by atoms with Crippen LogP contribution in [0.1, 0.15) is 203 Å². The van der Waals surface area contributed by atoms with Gasteiger partial charge < -0.3 is 23.7 Å². The van der Waals surface area contributed by atoms with Crippen LogP contribution in [0.15, 0.2) is 53.5 Å². The molecule has 0 aromatic heterocycles. The number of hydrogen-bond acceptors (Lipinski definition) is 6. The summed E-state index contributed by atoms with van der Waals surface area (Å²) in [5.74, 6) is 4.53. The Morgan fingerprint density at radius 3 is 0.908 bits per heavy atom. The Hall–Kier alpha value is -4.45. The number of ether oxygens (including phenoxy) is 5. The fourth-order valence-electron chi connectivity index (χ4n) is 8.84. The van der Waals surface area contributed by atoms with Crippen LogP contribution in [0.2, 0.25) is 0 Å². The molecule has 1 heterocycles. The summed E-state index contributed by atoms with van der Waals surface area (Å²) in [6.07, 6.45) is 6.19. The minimum atomic E-state index is -0.112. The quantitative estimate of drug-likeness (QED) is 0.118. The summed E-state index contributed by atoms with van der Waals surface area (Å²) in [5.41, 5.74) is 13.8. The highest BCUT2D eigenvalue weighted by Gasteiger charge is 2.33. The maximum atomic E-state index is 6.99. The van der Waals surface area contributed by atoms with Crippen molar-refractivity contribution in [2.45, 2.75) is 184 Å². The van der Waals surface area contributed by atoms with Gasteiger partial charge in [0.1, 0.15) is 29.6 Å². The van der Waals surface area contributed by atoms with Gasteiger partial charge in [-0.05, 0) is 121 Å². The van der Waals surface area contributed by atoms with Gasteiger partial charge in [-0.1, -0.05) is 147 Å². The van der Waals surface area contributed by atoms with Gasteiger partial charge in [0, 0.05) is 31.2 Å². The predicted molar refractivity (Wildman–Crippen MR) is 272 cm³/mol. The Labute approximate surface area is 394 Å². The molecule has 0 saturated carbocycles. The standard InChI is InChI=1S/C59H83NO5/c1-17-21-61-51-38-25-40-31-47(56(5,6)7)33-42(52(40)62-22-18-2)27-44-35-49(58(11,12)13)36-45(54(44)64-24-20-4)28-43-34-48(57(8,9)10)32-41(53(43)63-23-19-3)26-39(51)30-46(29-38)55-60-50(37-65-55)59(14,15)16/h29-36,50H,17-28,37H2,1-16H3/t50-/m1/s1. The molecule has 0 fully saturated rings. The lowest BCUT2D eigenvalue weighted by atomic mass is 9.80. The molecule has 0 unspecified atom stereocenters. The van der Waals surface area contributed by atoms with E-state index >= 15 is 0 Å². The first-order chi connectivity index (χ1) is 30.5. The van der Waals surface area contributed by atoms with Gasteiger partial charge in [0.15, 0.2) is 0 Å². The third-order valence-electron chi connectivity index (χ3n) is 12.8. The first-order valence-electron chi connectivity index (χ1n) is 24.9. The van der Waals surface area contributed by atoms with Crippen molar-refractivity contribution in [2.75, 3.05) is 33.0 Å². The summed E-state index contributed by atoms with van der Waals surface area (Å²) in [5, 5.41) is 0. The van der Waals surface area contributed by atoms with Crippen molar-refractivity contribution in [3.05, 3.63) is 115 Å². The van der Waals surface area contributed by atoms with Gasteiger partial charge in [0.05, 0.1) is 32.5 Å². The largest absolute Gasteiger partial charge is 0.493 e. The van der Waals surface area contributed by atoms with E-state index in [4.69, 9.17) is 28.7 Å². The number of fused-ring (bicyclic) bond motifs is 8. The topological polar surface area (TPSA) is 58.5 Å². The molecule has 0 N–H and O–H groups in total. The van der Waals surface area contributed by atoms with Crippen molar-refractivity contribution < 1.29 is 23.7 Å². The molecule has 6 heteroatoms. The first kappa shape index (κ1) is 50.0. The summed E-state index contributed by atoms with van der Waals surface area (Å²) < 4.78 is 34.5. The molecule has 4 aromatic carbocycles. The minimum Gasteiger partial charge on any atom is -0.493 e. The van der Waals surface area contributed by atoms with Crippen LogP contribution < -0.4 is 18.9 Å². The highest BCUT2D eigenvalue weighted by molar-refractivity contribution is 5.96. The maximum Gasteiger partial charge on any atom is 0.216 e. The van der Waals surface area contributed by atoms with Gasteiger partial charge in [0.2, 0.25) is 5.90 Å². The number of benzene rings is 4. The predicted octanol–water partition coefficient (Wildman–Crippen LogP) is 14.6. The number of aliphatic imine (C=N–C) groups is 1. The molecule has 1 aliphatic carbocycles. The van der Waals surface area contributed by atoms with E-state index in [1.54, 1.807) is 0 Å². The van der Waals surface area contributed by atoms with Crippen LogP contribution in [0.3, 0.4) is 0 Å². The highest BCUT2D eigenvalue weighted by Crippen LogP contribution is 2.44. The zero-order valence-corrected chi connectivity index (χ0v) is 43.4. The van der Waals surface area contributed by atoms with E-state index in [-0.39, 0.29) is 27.7 Å². The lowest BCUT2D eigenvalue weighted by Crippen LogP contribution is -2.25. The number of rotatable bonds is 13. The van der Waals surface area contributed by atoms with Crippen molar-refractivity contribution in [1.82, 2.24) is 0 Å². The lowest BCUT2D eigenvalue weighted by molar-refractivity contribution is 0.236.